The lowest BCUT2D eigenvalue weighted by atomic mass is 9.98. The van der Waals surface area contributed by atoms with E-state index in [9.17, 15) is 35.5 Å². The molecule has 0 unspecified atom stereocenters. The molecule has 1 aromatic carbocycles. The van der Waals surface area contributed by atoms with E-state index in [0.717, 1.165) is 23.4 Å². The first-order valence-corrected chi connectivity index (χ1v) is 9.32. The summed E-state index contributed by atoms with van der Waals surface area (Å²) in [5, 5.41) is 2.30. The molecular formula is C19H17F7N4O2. The molecule has 2 heterocycles. The Morgan fingerprint density at radius 3 is 2.44 bits per heavy atom. The summed E-state index contributed by atoms with van der Waals surface area (Å²) in [5.74, 6) is -3.16. The highest BCUT2D eigenvalue weighted by Gasteiger charge is 2.47. The third-order valence-electron chi connectivity index (χ3n) is 4.90. The van der Waals surface area contributed by atoms with E-state index >= 15 is 0 Å². The molecule has 0 radical (unpaired) electrons. The predicted molar refractivity (Wildman–Crippen MR) is 97.5 cm³/mol. The first-order valence-electron chi connectivity index (χ1n) is 9.32. The number of benzene rings is 1. The van der Waals surface area contributed by atoms with Gasteiger partial charge in [0, 0.05) is 18.5 Å². The second-order valence-electron chi connectivity index (χ2n) is 7.05. The first-order chi connectivity index (χ1) is 15.0. The van der Waals surface area contributed by atoms with E-state index in [4.69, 9.17) is 0 Å². The molecule has 3 rings (SSSR count). The quantitative estimate of drug-likeness (QED) is 0.626. The van der Waals surface area contributed by atoms with E-state index in [1.165, 1.54) is 19.1 Å². The average molecular weight is 466 g/mol. The molecule has 0 spiro atoms. The normalized spacial score (nSPS) is 19.6. The molecule has 1 saturated heterocycles. The number of carbonyl (C=O) groups excluding carboxylic acids is 1. The molecule has 1 N–H and O–H groups in total. The van der Waals surface area contributed by atoms with Gasteiger partial charge in [0.15, 0.2) is 11.6 Å². The number of hydrogen-bond donors (Lipinski definition) is 1. The van der Waals surface area contributed by atoms with Crippen LogP contribution in [0.2, 0.25) is 0 Å². The van der Waals surface area contributed by atoms with Gasteiger partial charge in [-0.25, -0.2) is 27.5 Å². The molecule has 1 aliphatic rings. The molecule has 2 aromatic rings. The molecule has 0 aliphatic carbocycles. The van der Waals surface area contributed by atoms with E-state index in [1.807, 2.05) is 0 Å². The molecule has 32 heavy (non-hydrogen) atoms. The molecule has 1 aliphatic heterocycles. The van der Waals surface area contributed by atoms with E-state index in [0.29, 0.717) is 0 Å². The van der Waals surface area contributed by atoms with Crippen molar-refractivity contribution in [1.82, 2.24) is 14.9 Å². The van der Waals surface area contributed by atoms with Crippen molar-refractivity contribution in [3.8, 4) is 11.3 Å². The van der Waals surface area contributed by atoms with Crippen molar-refractivity contribution in [2.75, 3.05) is 11.9 Å². The Morgan fingerprint density at radius 1 is 1.22 bits per heavy atom. The molecule has 3 atom stereocenters. The van der Waals surface area contributed by atoms with Crippen LogP contribution in [-0.4, -0.2) is 58.3 Å². The number of likely N-dealkylation sites (tertiary alicyclic amines) is 1. The average Bonchev–Trinajstić information content (AvgIpc) is 2.71. The molecular weight excluding hydrogens is 449 g/mol. The first kappa shape index (κ1) is 23.7. The van der Waals surface area contributed by atoms with Gasteiger partial charge >= 0.3 is 6.36 Å². The summed E-state index contributed by atoms with van der Waals surface area (Å²) >= 11 is 0. The molecule has 0 saturated carbocycles. The number of amides is 1. The van der Waals surface area contributed by atoms with Gasteiger partial charge in [-0.3, -0.25) is 9.53 Å². The monoisotopic (exact) mass is 466 g/mol. The molecule has 0 bridgehead atoms. The zero-order valence-corrected chi connectivity index (χ0v) is 16.4. The minimum atomic E-state index is -4.91. The summed E-state index contributed by atoms with van der Waals surface area (Å²) in [6.07, 6.45) is -9.34. The number of ether oxygens (including phenoxy) is 1. The molecule has 1 aromatic heterocycles. The lowest BCUT2D eigenvalue weighted by Crippen LogP contribution is -2.65. The number of carbonyl (C=O) groups is 1. The third-order valence-corrected chi connectivity index (χ3v) is 4.90. The Morgan fingerprint density at radius 2 is 1.88 bits per heavy atom. The van der Waals surface area contributed by atoms with E-state index in [1.54, 1.807) is 0 Å². The summed E-state index contributed by atoms with van der Waals surface area (Å²) in [6, 6.07) is 1.92. The van der Waals surface area contributed by atoms with Gasteiger partial charge < -0.3 is 10.2 Å². The third kappa shape index (κ3) is 5.44. The summed E-state index contributed by atoms with van der Waals surface area (Å²) in [7, 11) is 0. The number of alkyl halides is 5. The maximum Gasteiger partial charge on any atom is 0.522 e. The highest BCUT2D eigenvalue weighted by molar-refractivity contribution is 5.86. The zero-order chi connectivity index (χ0) is 23.6. The Balaban J connectivity index is 1.79. The summed E-state index contributed by atoms with van der Waals surface area (Å²) in [4.78, 5) is 21.0. The standard InChI is InChI=1S/C19H17F7N4O2/c1-9-13(32-19(24,25)26)7-30(9)18(31)12(6-14(21)22)29-17-15(23)16(27-8-28-17)10-2-4-11(20)5-3-10/h2-5,8-9,12-14H,6-7H2,1H3,(H,27,28,29)/t9-,12-,13-/m0/s1. The van der Waals surface area contributed by atoms with Gasteiger partial charge in [-0.15, -0.1) is 13.2 Å². The predicted octanol–water partition coefficient (Wildman–Crippen LogP) is 3.99. The molecule has 174 valence electrons. The van der Waals surface area contributed by atoms with Crippen molar-refractivity contribution >= 4 is 11.7 Å². The maximum atomic E-state index is 14.9. The number of halogens is 7. The van der Waals surface area contributed by atoms with E-state index < -0.39 is 67.3 Å². The summed E-state index contributed by atoms with van der Waals surface area (Å²) < 4.78 is 95.1. The summed E-state index contributed by atoms with van der Waals surface area (Å²) in [6.45, 7) is 0.809. The fourth-order valence-corrected chi connectivity index (χ4v) is 3.22. The Hall–Kier alpha value is -2.96. The van der Waals surface area contributed by atoms with Crippen LogP contribution in [0.15, 0.2) is 30.6 Å². The fraction of sp³-hybridized carbons (Fsp3) is 0.421. The van der Waals surface area contributed by atoms with Crippen LogP contribution in [0.25, 0.3) is 11.3 Å². The lowest BCUT2D eigenvalue weighted by molar-refractivity contribution is -0.359. The van der Waals surface area contributed by atoms with Crippen LogP contribution in [0.1, 0.15) is 13.3 Å². The van der Waals surface area contributed by atoms with Gasteiger partial charge in [-0.1, -0.05) is 0 Å². The SMILES string of the molecule is C[C@H]1[C@@H](OC(F)(F)F)CN1C(=O)[C@H](CC(F)F)Nc1ncnc(-c2ccc(F)cc2)c1F. The van der Waals surface area contributed by atoms with Gasteiger partial charge in [0.25, 0.3) is 0 Å². The molecule has 13 heteroatoms. The van der Waals surface area contributed by atoms with E-state index in [2.05, 4.69) is 20.0 Å². The van der Waals surface area contributed by atoms with Gasteiger partial charge in [0.1, 0.15) is 30.0 Å². The van der Waals surface area contributed by atoms with Crippen LogP contribution < -0.4 is 5.32 Å². The molecule has 6 nitrogen and oxygen atoms in total. The van der Waals surface area contributed by atoms with Crippen LogP contribution in [0.3, 0.4) is 0 Å². The lowest BCUT2D eigenvalue weighted by Gasteiger charge is -2.47. The van der Waals surface area contributed by atoms with Crippen molar-refractivity contribution in [2.45, 2.75) is 44.3 Å². The van der Waals surface area contributed by atoms with Crippen molar-refractivity contribution in [1.29, 1.82) is 0 Å². The van der Waals surface area contributed by atoms with Crippen molar-refractivity contribution in [2.24, 2.45) is 0 Å². The zero-order valence-electron chi connectivity index (χ0n) is 16.4. The number of nitrogens with zero attached hydrogens (tertiary/aromatic N) is 3. The van der Waals surface area contributed by atoms with Crippen LogP contribution in [0, 0.1) is 11.6 Å². The van der Waals surface area contributed by atoms with Crippen LogP contribution in [-0.2, 0) is 9.53 Å². The van der Waals surface area contributed by atoms with Crippen LogP contribution in [0.5, 0.6) is 0 Å². The minimum absolute atomic E-state index is 0.176. The maximum absolute atomic E-state index is 14.9. The van der Waals surface area contributed by atoms with E-state index in [-0.39, 0.29) is 11.3 Å². The topological polar surface area (TPSA) is 67.3 Å². The second-order valence-corrected chi connectivity index (χ2v) is 7.05. The fourth-order valence-electron chi connectivity index (χ4n) is 3.22. The number of rotatable bonds is 7. The van der Waals surface area contributed by atoms with Crippen molar-refractivity contribution in [3.05, 3.63) is 42.2 Å². The largest absolute Gasteiger partial charge is 0.522 e. The number of nitrogens with one attached hydrogen (secondary N) is 1. The number of aromatic nitrogens is 2. The highest BCUT2D eigenvalue weighted by Crippen LogP contribution is 2.30. The Bertz CT molecular complexity index is 956. The van der Waals surface area contributed by atoms with Crippen LogP contribution >= 0.6 is 0 Å². The van der Waals surface area contributed by atoms with Crippen molar-refractivity contribution < 1.29 is 40.3 Å². The number of hydrogen-bond acceptors (Lipinski definition) is 5. The van der Waals surface area contributed by atoms with Gasteiger partial charge in [0.2, 0.25) is 12.3 Å². The Labute approximate surface area is 177 Å². The minimum Gasteiger partial charge on any atom is -0.356 e. The number of anilines is 1. The molecule has 1 fully saturated rings. The van der Waals surface area contributed by atoms with Crippen molar-refractivity contribution in [3.63, 3.8) is 0 Å². The van der Waals surface area contributed by atoms with Gasteiger partial charge in [-0.05, 0) is 31.2 Å². The summed E-state index contributed by atoms with van der Waals surface area (Å²) in [5.41, 5.74) is -0.0868. The smallest absolute Gasteiger partial charge is 0.356 e. The highest BCUT2D eigenvalue weighted by atomic mass is 19.4. The second kappa shape index (κ2) is 9.27. The van der Waals surface area contributed by atoms with Crippen LogP contribution in [0.4, 0.5) is 36.6 Å². The van der Waals surface area contributed by atoms with Gasteiger partial charge in [0.05, 0.1) is 6.04 Å². The van der Waals surface area contributed by atoms with Gasteiger partial charge in [-0.2, -0.15) is 0 Å². The molecule has 1 amide bonds. The Kier molecular flexibility index (Phi) is 6.86.